The van der Waals surface area contributed by atoms with Crippen molar-refractivity contribution >= 4 is 14.2 Å². The third-order valence-corrected chi connectivity index (χ3v) is 2.82. The molecule has 12 heavy (non-hydrogen) atoms. The van der Waals surface area contributed by atoms with Crippen LogP contribution in [0.1, 0.15) is 13.8 Å². The Morgan fingerprint density at radius 1 is 1.58 bits per heavy atom. The van der Waals surface area contributed by atoms with Gasteiger partial charge in [0.1, 0.15) is 0 Å². The van der Waals surface area contributed by atoms with Crippen LogP contribution in [0.4, 0.5) is 4.79 Å². The Hall–Kier alpha value is -0.670. The van der Waals surface area contributed by atoms with Crippen LogP contribution >= 0.6 is 8.03 Å². The van der Waals surface area contributed by atoms with Crippen molar-refractivity contribution in [3.05, 3.63) is 0 Å². The lowest BCUT2D eigenvalue weighted by atomic mass is 10.4. The van der Waals surface area contributed by atoms with Crippen LogP contribution in [-0.2, 0) is 18.6 Å². The second-order valence-electron chi connectivity index (χ2n) is 2.28. The maximum Gasteiger partial charge on any atom is 0.557 e. The largest absolute Gasteiger partial charge is 0.557 e. The summed E-state index contributed by atoms with van der Waals surface area (Å²) in [6.07, 6.45) is -1.27. The van der Waals surface area contributed by atoms with Gasteiger partial charge in [0.05, 0.1) is 6.61 Å². The summed E-state index contributed by atoms with van der Waals surface area (Å²) in [4.78, 5) is 10.5. The zero-order valence-electron chi connectivity index (χ0n) is 6.85. The number of rotatable bonds is 3. The highest BCUT2D eigenvalue weighted by atomic mass is 31.1. The van der Waals surface area contributed by atoms with E-state index < -0.39 is 26.1 Å². The molecule has 0 aromatic carbocycles. The van der Waals surface area contributed by atoms with Crippen molar-refractivity contribution in [3.8, 4) is 0 Å². The molecule has 1 fully saturated rings. The number of hydrogen-bond acceptors (Lipinski definition) is 5. The highest BCUT2D eigenvalue weighted by molar-refractivity contribution is 7.39. The molecule has 0 aromatic rings. The van der Waals surface area contributed by atoms with E-state index in [1.54, 1.807) is 13.8 Å². The van der Waals surface area contributed by atoms with E-state index in [0.29, 0.717) is 6.61 Å². The highest BCUT2D eigenvalue weighted by Gasteiger charge is 2.49. The van der Waals surface area contributed by atoms with Crippen LogP contribution in [0.15, 0.2) is 0 Å². The Balaban J connectivity index is 2.52. The van der Waals surface area contributed by atoms with Crippen LogP contribution in [0.3, 0.4) is 0 Å². The molecule has 1 aliphatic heterocycles. The van der Waals surface area contributed by atoms with Gasteiger partial charge >= 0.3 is 20.0 Å². The van der Waals surface area contributed by atoms with Crippen LogP contribution < -0.4 is 0 Å². The molecule has 0 amide bonds. The van der Waals surface area contributed by atoms with Crippen molar-refractivity contribution in [1.82, 2.24) is 0 Å². The first-order valence-corrected chi connectivity index (χ1v) is 4.86. The summed E-state index contributed by atoms with van der Waals surface area (Å²) >= 11 is 0. The van der Waals surface area contributed by atoms with E-state index in [9.17, 15) is 9.36 Å². The number of carbonyl (C=O) groups is 1. The lowest BCUT2D eigenvalue weighted by Gasteiger charge is -1.97. The van der Waals surface area contributed by atoms with Crippen molar-refractivity contribution in [2.75, 3.05) is 6.61 Å². The molecule has 1 heterocycles. The predicted octanol–water partition coefficient (Wildman–Crippen LogP) is 1.65. The number of carbonyl (C=O) groups excluding carboxylic acids is 1. The first-order valence-electron chi connectivity index (χ1n) is 3.61. The van der Waals surface area contributed by atoms with Crippen LogP contribution in [-0.4, -0.2) is 24.7 Å². The van der Waals surface area contributed by atoms with E-state index in [2.05, 4.69) is 9.47 Å². The number of hydrogen-bond donors (Lipinski definition) is 0. The van der Waals surface area contributed by atoms with Gasteiger partial charge < -0.3 is 9.47 Å². The van der Waals surface area contributed by atoms with E-state index in [-0.39, 0.29) is 0 Å². The Bertz CT molecular complexity index is 204. The van der Waals surface area contributed by atoms with E-state index in [1.165, 1.54) is 0 Å². The molecule has 3 atom stereocenters. The van der Waals surface area contributed by atoms with E-state index in [4.69, 9.17) is 4.52 Å². The molecule has 0 aliphatic carbocycles. The smallest absolute Gasteiger partial charge is 0.422 e. The number of ether oxygens (including phenoxy) is 2. The minimum absolute atomic E-state index is 0.329. The quantitative estimate of drug-likeness (QED) is 0.503. The van der Waals surface area contributed by atoms with Gasteiger partial charge in [-0.2, -0.15) is 0 Å². The molecule has 0 bridgehead atoms. The first-order chi connectivity index (χ1) is 5.65. The zero-order chi connectivity index (χ0) is 9.14. The summed E-state index contributed by atoms with van der Waals surface area (Å²) in [5, 5.41) is 0. The second-order valence-corrected chi connectivity index (χ2v) is 3.62. The summed E-state index contributed by atoms with van der Waals surface area (Å²) in [7, 11) is -1.97. The molecule has 0 N–H and O–H groups in total. The molecule has 1 rings (SSSR count). The van der Waals surface area contributed by atoms with Crippen LogP contribution in [0.2, 0.25) is 0 Å². The van der Waals surface area contributed by atoms with Crippen LogP contribution in [0.25, 0.3) is 0 Å². The van der Waals surface area contributed by atoms with E-state index in [0.717, 1.165) is 0 Å². The third kappa shape index (κ3) is 1.93. The van der Waals surface area contributed by atoms with Crippen LogP contribution in [0.5, 0.6) is 0 Å². The van der Waals surface area contributed by atoms with Crippen molar-refractivity contribution < 1.29 is 23.4 Å². The minimum atomic E-state index is -1.97. The summed E-state index contributed by atoms with van der Waals surface area (Å²) in [5.74, 6) is -0.757. The fourth-order valence-corrected chi connectivity index (χ4v) is 1.82. The van der Waals surface area contributed by atoms with Gasteiger partial charge in [0.2, 0.25) is 0 Å². The molecule has 0 aromatic heterocycles. The average molecular weight is 193 g/mol. The zero-order valence-corrected chi connectivity index (χ0v) is 7.74. The van der Waals surface area contributed by atoms with E-state index in [1.807, 2.05) is 0 Å². The van der Waals surface area contributed by atoms with Gasteiger partial charge in [-0.05, 0) is 18.4 Å². The van der Waals surface area contributed by atoms with Crippen LogP contribution in [0, 0.1) is 0 Å². The van der Waals surface area contributed by atoms with Gasteiger partial charge in [0, 0.05) is 0 Å². The Morgan fingerprint density at radius 2 is 2.25 bits per heavy atom. The highest BCUT2D eigenvalue weighted by Crippen LogP contribution is 2.37. The average Bonchev–Trinajstić information content (AvgIpc) is 2.30. The fourth-order valence-electron chi connectivity index (χ4n) is 0.847. The molecule has 1 aliphatic rings. The molecule has 0 spiro atoms. The molecule has 68 valence electrons. The first kappa shape index (κ1) is 9.42. The molecule has 6 heteroatoms. The Kier molecular flexibility index (Phi) is 3.00. The molecule has 0 radical (unpaired) electrons. The summed E-state index contributed by atoms with van der Waals surface area (Å²) in [6.45, 7) is 3.66. The molecule has 3 unspecified atom stereocenters. The van der Waals surface area contributed by atoms with Crippen molar-refractivity contribution in [1.29, 1.82) is 0 Å². The SMILES string of the molecule is CCO[P+](=O)C1OC(=O)OC1C. The third-order valence-electron chi connectivity index (χ3n) is 1.36. The lowest BCUT2D eigenvalue weighted by molar-refractivity contribution is 0.120. The lowest BCUT2D eigenvalue weighted by Crippen LogP contribution is -2.15. The summed E-state index contributed by atoms with van der Waals surface area (Å²) in [5.41, 5.74) is 0. The Labute approximate surface area is 70.9 Å². The van der Waals surface area contributed by atoms with Crippen molar-refractivity contribution in [3.63, 3.8) is 0 Å². The summed E-state index contributed by atoms with van der Waals surface area (Å²) in [6, 6.07) is 0. The number of cyclic esters (lactones) is 2. The monoisotopic (exact) mass is 193 g/mol. The van der Waals surface area contributed by atoms with Crippen molar-refractivity contribution in [2.45, 2.75) is 25.8 Å². The molecular formula is C6H10O5P+. The molecule has 5 nitrogen and oxygen atoms in total. The second kappa shape index (κ2) is 3.83. The van der Waals surface area contributed by atoms with Gasteiger partial charge in [-0.25, -0.2) is 4.79 Å². The molecule has 1 saturated heterocycles. The predicted molar refractivity (Wildman–Crippen MR) is 40.0 cm³/mol. The molecular weight excluding hydrogens is 183 g/mol. The van der Waals surface area contributed by atoms with Gasteiger partial charge in [-0.1, -0.05) is 0 Å². The van der Waals surface area contributed by atoms with Gasteiger partial charge in [0.15, 0.2) is 6.10 Å². The minimum Gasteiger partial charge on any atom is -0.422 e. The van der Waals surface area contributed by atoms with Gasteiger partial charge in [-0.3, -0.25) is 0 Å². The maximum absolute atomic E-state index is 11.2. The van der Waals surface area contributed by atoms with Gasteiger partial charge in [0.25, 0.3) is 0 Å². The summed E-state index contributed by atoms with van der Waals surface area (Å²) < 4.78 is 25.2. The Morgan fingerprint density at radius 3 is 2.67 bits per heavy atom. The molecule has 0 saturated carbocycles. The standard InChI is InChI=1S/C6H10O5P/c1-3-9-12(8)5-4(2)10-6(7)11-5/h4-5H,3H2,1-2H3/q+1. The van der Waals surface area contributed by atoms with Crippen molar-refractivity contribution in [2.24, 2.45) is 0 Å². The normalized spacial score (nSPS) is 29.5. The van der Waals surface area contributed by atoms with E-state index >= 15 is 0 Å². The fraction of sp³-hybridized carbons (Fsp3) is 0.833. The maximum atomic E-state index is 11.2. The topological polar surface area (TPSA) is 61.8 Å². The van der Waals surface area contributed by atoms with Gasteiger partial charge in [-0.15, -0.1) is 4.52 Å².